The first kappa shape index (κ1) is 21.8. The maximum atomic E-state index is 12.6. The number of carbonyl (C=O) groups excluding carboxylic acids is 1. The largest absolute Gasteiger partial charge is 0.497 e. The van der Waals surface area contributed by atoms with Crippen LogP contribution in [0.5, 0.6) is 5.75 Å². The average Bonchev–Trinajstić information content (AvgIpc) is 3.06. The summed E-state index contributed by atoms with van der Waals surface area (Å²) in [5.74, 6) is 0.351. The third kappa shape index (κ3) is 5.57. The molecule has 0 saturated heterocycles. The number of aromatic nitrogens is 1. The number of benzene rings is 2. The second-order valence-corrected chi connectivity index (χ2v) is 9.31. The van der Waals surface area contributed by atoms with Gasteiger partial charge in [0.15, 0.2) is 9.84 Å². The van der Waals surface area contributed by atoms with Gasteiger partial charge < -0.3 is 9.15 Å². The van der Waals surface area contributed by atoms with Gasteiger partial charge in [0.25, 0.3) is 0 Å². The minimum absolute atomic E-state index is 0.193. The molecule has 0 radical (unpaired) electrons. The van der Waals surface area contributed by atoms with Gasteiger partial charge >= 0.3 is 0 Å². The second-order valence-electron chi connectivity index (χ2n) is 7.25. The molecule has 1 aromatic heterocycles. The topological polar surface area (TPSA) is 86.5 Å². The van der Waals surface area contributed by atoms with Crippen molar-refractivity contribution in [3.05, 3.63) is 71.1 Å². The molecule has 1 heterocycles. The molecule has 0 bridgehead atoms. The van der Waals surface area contributed by atoms with Gasteiger partial charge in [0.2, 0.25) is 5.89 Å². The number of oxazole rings is 1. The molecule has 3 aromatic rings. The Kier molecular flexibility index (Phi) is 6.72. The highest BCUT2D eigenvalue weighted by atomic mass is 32.2. The molecule has 2 aromatic carbocycles. The fraction of sp³-hybridized carbons (Fsp3) is 0.304. The van der Waals surface area contributed by atoms with Crippen LogP contribution in [0.15, 0.2) is 52.9 Å². The predicted octanol–water partition coefficient (Wildman–Crippen LogP) is 4.08. The molecule has 7 heteroatoms. The second kappa shape index (κ2) is 9.26. The molecule has 6 nitrogen and oxygen atoms in total. The third-order valence-corrected chi connectivity index (χ3v) is 6.38. The maximum absolute atomic E-state index is 12.6. The van der Waals surface area contributed by atoms with Crippen LogP contribution in [0, 0.1) is 13.8 Å². The van der Waals surface area contributed by atoms with Crippen molar-refractivity contribution >= 4 is 15.6 Å². The van der Waals surface area contributed by atoms with Gasteiger partial charge in [-0.1, -0.05) is 24.3 Å². The van der Waals surface area contributed by atoms with E-state index in [1.165, 1.54) is 0 Å². The van der Waals surface area contributed by atoms with Crippen molar-refractivity contribution in [2.45, 2.75) is 32.4 Å². The lowest BCUT2D eigenvalue weighted by atomic mass is 10.0. The fourth-order valence-electron chi connectivity index (χ4n) is 3.16. The van der Waals surface area contributed by atoms with E-state index in [1.807, 2.05) is 31.2 Å². The van der Waals surface area contributed by atoms with Crippen molar-refractivity contribution in [2.24, 2.45) is 0 Å². The van der Waals surface area contributed by atoms with Gasteiger partial charge in [-0.25, -0.2) is 13.4 Å². The van der Waals surface area contributed by atoms with Crippen LogP contribution >= 0.6 is 0 Å². The van der Waals surface area contributed by atoms with E-state index in [0.29, 0.717) is 29.5 Å². The van der Waals surface area contributed by atoms with Crippen LogP contribution in [-0.4, -0.2) is 32.0 Å². The zero-order valence-electron chi connectivity index (χ0n) is 17.3. The van der Waals surface area contributed by atoms with Crippen LogP contribution < -0.4 is 4.74 Å². The number of rotatable bonds is 9. The molecule has 30 heavy (non-hydrogen) atoms. The molecular weight excluding hydrogens is 402 g/mol. The van der Waals surface area contributed by atoms with Crippen molar-refractivity contribution in [1.82, 2.24) is 4.98 Å². The molecule has 0 unspecified atom stereocenters. The van der Waals surface area contributed by atoms with Gasteiger partial charge in [-0.15, -0.1) is 0 Å². The van der Waals surface area contributed by atoms with Crippen LogP contribution in [0.3, 0.4) is 0 Å². The molecule has 0 atom stereocenters. The molecule has 0 N–H and O–H groups in total. The van der Waals surface area contributed by atoms with Crippen molar-refractivity contribution in [3.63, 3.8) is 0 Å². The number of methoxy groups -OCH3 is 1. The van der Waals surface area contributed by atoms with E-state index < -0.39 is 15.6 Å². The Morgan fingerprint density at radius 2 is 1.77 bits per heavy atom. The average molecular weight is 428 g/mol. The maximum Gasteiger partial charge on any atom is 0.226 e. The number of carbonyl (C=O) groups is 1. The van der Waals surface area contributed by atoms with Gasteiger partial charge in [0.05, 0.1) is 18.6 Å². The summed E-state index contributed by atoms with van der Waals surface area (Å²) in [7, 11) is -2.06. The van der Waals surface area contributed by atoms with Crippen molar-refractivity contribution in [1.29, 1.82) is 0 Å². The highest BCUT2D eigenvalue weighted by Crippen LogP contribution is 2.25. The summed E-state index contributed by atoms with van der Waals surface area (Å²) in [6.07, 6.45) is 0.727. The SMILES string of the molecule is COc1ccc(-c2nc(CS(=O)(=O)CC(=O)CCc3ccccc3C)c(C)o2)cc1. The van der Waals surface area contributed by atoms with Crippen molar-refractivity contribution in [2.75, 3.05) is 12.9 Å². The van der Waals surface area contributed by atoms with Crippen LogP contribution in [0.1, 0.15) is 29.0 Å². The first-order valence-corrected chi connectivity index (χ1v) is 11.5. The van der Waals surface area contributed by atoms with E-state index in [1.54, 1.807) is 38.3 Å². The first-order valence-electron chi connectivity index (χ1n) is 9.65. The summed E-state index contributed by atoms with van der Waals surface area (Å²) in [5, 5.41) is 0. The smallest absolute Gasteiger partial charge is 0.226 e. The predicted molar refractivity (Wildman–Crippen MR) is 115 cm³/mol. The van der Waals surface area contributed by atoms with E-state index >= 15 is 0 Å². The fourth-order valence-corrected chi connectivity index (χ4v) is 4.58. The van der Waals surface area contributed by atoms with Gasteiger partial charge in [0.1, 0.15) is 23.0 Å². The van der Waals surface area contributed by atoms with Crippen LogP contribution in [0.2, 0.25) is 0 Å². The van der Waals surface area contributed by atoms with E-state index in [-0.39, 0.29) is 18.0 Å². The number of Topliss-reactive ketones (excluding diaryl/α,β-unsaturated/α-hetero) is 1. The lowest BCUT2D eigenvalue weighted by Gasteiger charge is -2.05. The zero-order chi connectivity index (χ0) is 21.7. The van der Waals surface area contributed by atoms with E-state index in [4.69, 9.17) is 9.15 Å². The molecule has 0 aliphatic heterocycles. The molecule has 0 aliphatic carbocycles. The quantitative estimate of drug-likeness (QED) is 0.511. The summed E-state index contributed by atoms with van der Waals surface area (Å²) in [6, 6.07) is 14.9. The Labute approximate surface area is 176 Å². The lowest BCUT2D eigenvalue weighted by molar-refractivity contribution is -0.116. The molecule has 0 fully saturated rings. The Morgan fingerprint density at radius 3 is 2.43 bits per heavy atom. The van der Waals surface area contributed by atoms with E-state index in [0.717, 1.165) is 16.7 Å². The number of ketones is 1. The summed E-state index contributed by atoms with van der Waals surface area (Å²) in [5.41, 5.74) is 3.20. The third-order valence-electron chi connectivity index (χ3n) is 4.90. The first-order chi connectivity index (χ1) is 14.3. The molecule has 0 saturated carbocycles. The van der Waals surface area contributed by atoms with Gasteiger partial charge in [-0.05, 0) is 55.7 Å². The normalized spacial score (nSPS) is 11.4. The number of sulfone groups is 1. The number of nitrogens with zero attached hydrogens (tertiary/aromatic N) is 1. The number of hydrogen-bond donors (Lipinski definition) is 0. The number of hydrogen-bond acceptors (Lipinski definition) is 6. The minimum Gasteiger partial charge on any atom is -0.497 e. The summed E-state index contributed by atoms with van der Waals surface area (Å²) < 4.78 is 35.9. The highest BCUT2D eigenvalue weighted by molar-refractivity contribution is 7.91. The molecule has 0 amide bonds. The highest BCUT2D eigenvalue weighted by Gasteiger charge is 2.22. The number of ether oxygens (including phenoxy) is 1. The molecule has 0 spiro atoms. The zero-order valence-corrected chi connectivity index (χ0v) is 18.2. The standard InChI is InChI=1S/C23H25NO5S/c1-16-6-4-5-7-18(16)8-11-20(25)14-30(26,27)15-22-17(2)29-23(24-22)19-9-12-21(28-3)13-10-19/h4-7,9-10,12-13H,8,11,14-15H2,1-3H3. The monoisotopic (exact) mass is 427 g/mol. The van der Waals surface area contributed by atoms with Gasteiger partial charge in [0, 0.05) is 12.0 Å². The summed E-state index contributed by atoms with van der Waals surface area (Å²) in [6.45, 7) is 3.65. The lowest BCUT2D eigenvalue weighted by Crippen LogP contribution is -2.18. The van der Waals surface area contributed by atoms with Crippen molar-refractivity contribution in [3.8, 4) is 17.2 Å². The van der Waals surface area contributed by atoms with Gasteiger partial charge in [-0.3, -0.25) is 4.79 Å². The summed E-state index contributed by atoms with van der Waals surface area (Å²) in [4.78, 5) is 16.6. The molecule has 3 rings (SSSR count). The van der Waals surface area contributed by atoms with Crippen LogP contribution in [0.25, 0.3) is 11.5 Å². The molecular formula is C23H25NO5S. The molecule has 0 aliphatic rings. The Balaban J connectivity index is 1.64. The van der Waals surface area contributed by atoms with E-state index in [2.05, 4.69) is 4.98 Å². The Hall–Kier alpha value is -2.93. The summed E-state index contributed by atoms with van der Waals surface area (Å²) >= 11 is 0. The van der Waals surface area contributed by atoms with E-state index in [9.17, 15) is 13.2 Å². The Morgan fingerprint density at radius 1 is 1.07 bits per heavy atom. The number of aryl methyl sites for hydroxylation is 3. The van der Waals surface area contributed by atoms with Crippen LogP contribution in [0.4, 0.5) is 0 Å². The molecule has 158 valence electrons. The van der Waals surface area contributed by atoms with Crippen LogP contribution in [-0.2, 0) is 26.8 Å². The van der Waals surface area contributed by atoms with Gasteiger partial charge in [-0.2, -0.15) is 0 Å². The van der Waals surface area contributed by atoms with Crippen molar-refractivity contribution < 1.29 is 22.4 Å². The Bertz CT molecular complexity index is 1130. The minimum atomic E-state index is -3.64.